The third kappa shape index (κ3) is 4.69. The molecule has 1 atom stereocenters. The normalized spacial score (nSPS) is 19.0. The highest BCUT2D eigenvalue weighted by molar-refractivity contribution is 6.28. The van der Waals surface area contributed by atoms with Crippen molar-refractivity contribution in [1.82, 2.24) is 14.9 Å². The van der Waals surface area contributed by atoms with Gasteiger partial charge in [-0.25, -0.2) is 14.2 Å². The van der Waals surface area contributed by atoms with E-state index in [1.54, 1.807) is 4.90 Å². The van der Waals surface area contributed by atoms with Gasteiger partial charge in [-0.2, -0.15) is 4.98 Å². The molecule has 1 aliphatic rings. The van der Waals surface area contributed by atoms with E-state index in [0.717, 1.165) is 19.0 Å². The lowest BCUT2D eigenvalue weighted by molar-refractivity contribution is 0.0206. The molecule has 8 heteroatoms. The molecule has 6 nitrogen and oxygen atoms in total. The van der Waals surface area contributed by atoms with Crippen molar-refractivity contribution in [2.24, 2.45) is 0 Å². The first kappa shape index (κ1) is 16.7. The Morgan fingerprint density at radius 3 is 2.95 bits per heavy atom. The highest BCUT2D eigenvalue weighted by atomic mass is 35.5. The standard InChI is InChI=1S/C14H20ClFN4O2/c1-14(2,3)22-13(21)20-6-4-5-9(8-20)18-11-10(16)7-17-12(15)19-11/h7,9H,4-6,8H2,1-3H3,(H,17,18,19). The van der Waals surface area contributed by atoms with Gasteiger partial charge in [0.2, 0.25) is 5.28 Å². The van der Waals surface area contributed by atoms with E-state index in [1.165, 1.54) is 0 Å². The van der Waals surface area contributed by atoms with Gasteiger partial charge in [0.05, 0.1) is 6.20 Å². The highest BCUT2D eigenvalue weighted by Gasteiger charge is 2.28. The first-order valence-electron chi connectivity index (χ1n) is 7.17. The summed E-state index contributed by atoms with van der Waals surface area (Å²) in [5.41, 5.74) is -0.538. The lowest BCUT2D eigenvalue weighted by Crippen LogP contribution is -2.47. The SMILES string of the molecule is CC(C)(C)OC(=O)N1CCCC(Nc2nc(Cl)ncc2F)C1. The summed E-state index contributed by atoms with van der Waals surface area (Å²) in [6, 6.07) is -0.110. The summed E-state index contributed by atoms with van der Waals surface area (Å²) in [5, 5.41) is 2.95. The molecule has 1 aliphatic heterocycles. The quantitative estimate of drug-likeness (QED) is 0.844. The fraction of sp³-hybridized carbons (Fsp3) is 0.643. The number of halogens is 2. The van der Waals surface area contributed by atoms with E-state index in [9.17, 15) is 9.18 Å². The summed E-state index contributed by atoms with van der Waals surface area (Å²) in [6.45, 7) is 6.52. The van der Waals surface area contributed by atoms with E-state index in [0.29, 0.717) is 13.1 Å². The van der Waals surface area contributed by atoms with Crippen LogP contribution in [0.25, 0.3) is 0 Å². The zero-order valence-electron chi connectivity index (χ0n) is 12.9. The number of anilines is 1. The molecule has 0 bridgehead atoms. The van der Waals surface area contributed by atoms with Gasteiger partial charge in [-0.3, -0.25) is 0 Å². The predicted octanol–water partition coefficient (Wildman–Crippen LogP) is 3.08. The average molecular weight is 331 g/mol. The van der Waals surface area contributed by atoms with Gasteiger partial charge in [0.25, 0.3) is 0 Å². The van der Waals surface area contributed by atoms with Crippen LogP contribution in [0.15, 0.2) is 6.20 Å². The van der Waals surface area contributed by atoms with Gasteiger partial charge in [-0.15, -0.1) is 0 Å². The highest BCUT2D eigenvalue weighted by Crippen LogP contribution is 2.19. The molecule has 1 fully saturated rings. The topological polar surface area (TPSA) is 67.3 Å². The van der Waals surface area contributed by atoms with Crippen molar-refractivity contribution < 1.29 is 13.9 Å². The first-order valence-corrected chi connectivity index (χ1v) is 7.55. The number of carbonyl (C=O) groups excluding carboxylic acids is 1. The molecule has 1 aromatic heterocycles. The molecule has 22 heavy (non-hydrogen) atoms. The van der Waals surface area contributed by atoms with Crippen LogP contribution in [0.5, 0.6) is 0 Å². The van der Waals surface area contributed by atoms with Crippen molar-refractivity contribution in [2.45, 2.75) is 45.3 Å². The molecule has 2 heterocycles. The molecule has 1 N–H and O–H groups in total. The van der Waals surface area contributed by atoms with E-state index in [4.69, 9.17) is 16.3 Å². The molecule has 0 aromatic carbocycles. The maximum Gasteiger partial charge on any atom is 0.410 e. The van der Waals surface area contributed by atoms with Crippen LogP contribution in [0.1, 0.15) is 33.6 Å². The van der Waals surface area contributed by atoms with Crippen molar-refractivity contribution in [1.29, 1.82) is 0 Å². The summed E-state index contributed by atoms with van der Waals surface area (Å²) in [5.74, 6) is -0.519. The lowest BCUT2D eigenvalue weighted by atomic mass is 10.1. The summed E-state index contributed by atoms with van der Waals surface area (Å²) in [6.07, 6.45) is 2.27. The van der Waals surface area contributed by atoms with Crippen LogP contribution in [-0.2, 0) is 4.74 Å². The maximum absolute atomic E-state index is 13.7. The van der Waals surface area contributed by atoms with Crippen LogP contribution in [0.3, 0.4) is 0 Å². The molecule has 0 saturated carbocycles. The van der Waals surface area contributed by atoms with Gasteiger partial charge in [-0.05, 0) is 45.2 Å². The predicted molar refractivity (Wildman–Crippen MR) is 81.5 cm³/mol. The lowest BCUT2D eigenvalue weighted by Gasteiger charge is -2.34. The monoisotopic (exact) mass is 330 g/mol. The van der Waals surface area contributed by atoms with Gasteiger partial charge in [0, 0.05) is 19.1 Å². The summed E-state index contributed by atoms with van der Waals surface area (Å²) < 4.78 is 19.0. The minimum atomic E-state index is -0.571. The van der Waals surface area contributed by atoms with E-state index in [2.05, 4.69) is 15.3 Å². The second-order valence-corrected chi connectivity index (χ2v) is 6.58. The zero-order valence-corrected chi connectivity index (χ0v) is 13.7. The Labute approximate surface area is 134 Å². The Morgan fingerprint density at radius 1 is 1.55 bits per heavy atom. The third-order valence-electron chi connectivity index (χ3n) is 3.13. The number of hydrogen-bond donors (Lipinski definition) is 1. The molecule has 0 spiro atoms. The maximum atomic E-state index is 13.7. The second kappa shape index (κ2) is 6.64. The van der Waals surface area contributed by atoms with Crippen LogP contribution in [0.4, 0.5) is 15.0 Å². The molecule has 0 radical (unpaired) electrons. The van der Waals surface area contributed by atoms with E-state index in [1.807, 2.05) is 20.8 Å². The molecule has 1 saturated heterocycles. The minimum Gasteiger partial charge on any atom is -0.444 e. The van der Waals surface area contributed by atoms with Crippen LogP contribution >= 0.6 is 11.6 Å². The largest absolute Gasteiger partial charge is 0.444 e. The van der Waals surface area contributed by atoms with Crippen molar-refractivity contribution in [2.75, 3.05) is 18.4 Å². The van der Waals surface area contributed by atoms with E-state index in [-0.39, 0.29) is 23.2 Å². The Bertz CT molecular complexity index is 550. The summed E-state index contributed by atoms with van der Waals surface area (Å²) >= 11 is 5.67. The molecule has 0 aliphatic carbocycles. The minimum absolute atomic E-state index is 0.0243. The fourth-order valence-electron chi connectivity index (χ4n) is 2.23. The Hall–Kier alpha value is -1.63. The summed E-state index contributed by atoms with van der Waals surface area (Å²) in [7, 11) is 0. The number of hydrogen-bond acceptors (Lipinski definition) is 5. The molecule has 2 rings (SSSR count). The van der Waals surface area contributed by atoms with Gasteiger partial charge in [0.15, 0.2) is 11.6 Å². The van der Waals surface area contributed by atoms with Crippen LogP contribution in [0.2, 0.25) is 5.28 Å². The van der Waals surface area contributed by atoms with Crippen molar-refractivity contribution in [3.05, 3.63) is 17.3 Å². The van der Waals surface area contributed by atoms with Crippen molar-refractivity contribution in [3.8, 4) is 0 Å². The van der Waals surface area contributed by atoms with Crippen LogP contribution in [-0.4, -0.2) is 45.7 Å². The fourth-order valence-corrected chi connectivity index (χ4v) is 2.36. The van der Waals surface area contributed by atoms with Gasteiger partial charge in [0.1, 0.15) is 5.60 Å². The van der Waals surface area contributed by atoms with Gasteiger partial charge in [-0.1, -0.05) is 0 Å². The number of ether oxygens (including phenoxy) is 1. The average Bonchev–Trinajstić information content (AvgIpc) is 2.41. The number of nitrogens with zero attached hydrogens (tertiary/aromatic N) is 3. The van der Waals surface area contributed by atoms with Crippen molar-refractivity contribution in [3.63, 3.8) is 0 Å². The molecule has 1 amide bonds. The number of carbonyl (C=O) groups is 1. The van der Waals surface area contributed by atoms with E-state index >= 15 is 0 Å². The Balaban J connectivity index is 1.98. The Kier molecular flexibility index (Phi) is 5.05. The van der Waals surface area contributed by atoms with Gasteiger partial charge >= 0.3 is 6.09 Å². The number of amides is 1. The number of piperidine rings is 1. The second-order valence-electron chi connectivity index (χ2n) is 6.25. The van der Waals surface area contributed by atoms with Crippen LogP contribution < -0.4 is 5.32 Å². The number of aromatic nitrogens is 2. The first-order chi connectivity index (χ1) is 10.2. The third-order valence-corrected chi connectivity index (χ3v) is 3.31. The number of nitrogens with one attached hydrogen (secondary N) is 1. The molecular weight excluding hydrogens is 311 g/mol. The molecule has 122 valence electrons. The Morgan fingerprint density at radius 2 is 2.27 bits per heavy atom. The molecular formula is C14H20ClFN4O2. The zero-order chi connectivity index (χ0) is 16.3. The molecule has 1 aromatic rings. The van der Waals surface area contributed by atoms with Crippen LogP contribution in [0, 0.1) is 5.82 Å². The number of rotatable bonds is 2. The smallest absolute Gasteiger partial charge is 0.410 e. The van der Waals surface area contributed by atoms with Gasteiger partial charge < -0.3 is 15.0 Å². The van der Waals surface area contributed by atoms with E-state index < -0.39 is 11.4 Å². The summed E-state index contributed by atoms with van der Waals surface area (Å²) in [4.78, 5) is 21.1. The molecule has 1 unspecified atom stereocenters. The van der Waals surface area contributed by atoms with Crippen molar-refractivity contribution >= 4 is 23.5 Å². The number of likely N-dealkylation sites (tertiary alicyclic amines) is 1.